The lowest BCUT2D eigenvalue weighted by atomic mass is 10.1. The quantitative estimate of drug-likeness (QED) is 0.623. The molecule has 1 aromatic rings. The molecule has 0 heterocycles. The summed E-state index contributed by atoms with van der Waals surface area (Å²) in [5.74, 6) is 0.866. The van der Waals surface area contributed by atoms with E-state index in [0.29, 0.717) is 0 Å². The van der Waals surface area contributed by atoms with Crippen molar-refractivity contribution in [2.75, 3.05) is 12.3 Å². The second-order valence-corrected chi connectivity index (χ2v) is 6.00. The number of rotatable bonds is 5. The molecular formula is C13H20FNS. The second-order valence-electron chi connectivity index (χ2n) is 4.84. The molecule has 0 amide bonds. The first-order chi connectivity index (χ1) is 7.47. The molecule has 0 unspecified atom stereocenters. The summed E-state index contributed by atoms with van der Waals surface area (Å²) in [4.78, 5) is 1.01. The first kappa shape index (κ1) is 13.5. The highest BCUT2D eigenvalue weighted by atomic mass is 32.2. The van der Waals surface area contributed by atoms with Gasteiger partial charge in [-0.05, 0) is 57.7 Å². The fourth-order valence-corrected chi connectivity index (χ4v) is 2.18. The van der Waals surface area contributed by atoms with Gasteiger partial charge in [0.1, 0.15) is 5.82 Å². The Balaban J connectivity index is 2.17. The van der Waals surface area contributed by atoms with Crippen molar-refractivity contribution in [3.8, 4) is 0 Å². The van der Waals surface area contributed by atoms with Crippen LogP contribution < -0.4 is 5.32 Å². The summed E-state index contributed by atoms with van der Waals surface area (Å²) in [5, 5.41) is 3.43. The smallest absolute Gasteiger partial charge is 0.124 e. The fourth-order valence-electron chi connectivity index (χ4n) is 1.28. The van der Waals surface area contributed by atoms with Crippen molar-refractivity contribution in [2.45, 2.75) is 37.6 Å². The number of thioether (sulfide) groups is 1. The van der Waals surface area contributed by atoms with Gasteiger partial charge in [0.05, 0.1) is 0 Å². The first-order valence-corrected chi connectivity index (χ1v) is 6.59. The Labute approximate surface area is 102 Å². The van der Waals surface area contributed by atoms with Gasteiger partial charge in [-0.25, -0.2) is 4.39 Å². The molecule has 0 spiro atoms. The molecule has 16 heavy (non-hydrogen) atoms. The Morgan fingerprint density at radius 2 is 2.06 bits per heavy atom. The molecule has 90 valence electrons. The van der Waals surface area contributed by atoms with E-state index in [2.05, 4.69) is 26.1 Å². The third kappa shape index (κ3) is 6.13. The van der Waals surface area contributed by atoms with E-state index in [9.17, 15) is 4.39 Å². The minimum atomic E-state index is -0.155. The largest absolute Gasteiger partial charge is 0.312 e. The van der Waals surface area contributed by atoms with Gasteiger partial charge < -0.3 is 5.32 Å². The molecule has 0 aliphatic rings. The summed E-state index contributed by atoms with van der Waals surface area (Å²) < 4.78 is 12.9. The van der Waals surface area contributed by atoms with E-state index in [1.807, 2.05) is 6.07 Å². The van der Waals surface area contributed by atoms with Gasteiger partial charge in [-0.3, -0.25) is 0 Å². The second kappa shape index (κ2) is 6.26. The molecule has 1 rings (SSSR count). The van der Waals surface area contributed by atoms with E-state index in [4.69, 9.17) is 0 Å². The summed E-state index contributed by atoms with van der Waals surface area (Å²) in [6, 6.07) is 6.77. The first-order valence-electron chi connectivity index (χ1n) is 5.61. The van der Waals surface area contributed by atoms with Gasteiger partial charge in [0.25, 0.3) is 0 Å². The van der Waals surface area contributed by atoms with E-state index in [1.54, 1.807) is 23.9 Å². The summed E-state index contributed by atoms with van der Waals surface area (Å²) in [6.45, 7) is 7.48. The minimum absolute atomic E-state index is 0.155. The maximum atomic E-state index is 12.9. The topological polar surface area (TPSA) is 12.0 Å². The van der Waals surface area contributed by atoms with E-state index in [0.717, 1.165) is 23.6 Å². The average molecular weight is 241 g/mol. The number of benzene rings is 1. The highest BCUT2D eigenvalue weighted by molar-refractivity contribution is 7.99. The van der Waals surface area contributed by atoms with Crippen molar-refractivity contribution >= 4 is 11.8 Å². The Kier molecular flexibility index (Phi) is 5.29. The van der Waals surface area contributed by atoms with Crippen LogP contribution >= 0.6 is 11.8 Å². The normalized spacial score (nSPS) is 11.8. The van der Waals surface area contributed by atoms with Crippen LogP contribution in [0.5, 0.6) is 0 Å². The Morgan fingerprint density at radius 1 is 1.31 bits per heavy atom. The highest BCUT2D eigenvalue weighted by Crippen LogP contribution is 2.19. The van der Waals surface area contributed by atoms with Crippen LogP contribution in [0.2, 0.25) is 0 Å². The van der Waals surface area contributed by atoms with Crippen LogP contribution in [-0.2, 0) is 0 Å². The van der Waals surface area contributed by atoms with Crippen LogP contribution in [0.1, 0.15) is 27.2 Å². The summed E-state index contributed by atoms with van der Waals surface area (Å²) >= 11 is 1.71. The minimum Gasteiger partial charge on any atom is -0.312 e. The maximum absolute atomic E-state index is 12.9. The number of halogens is 1. The van der Waals surface area contributed by atoms with Crippen LogP contribution in [-0.4, -0.2) is 17.8 Å². The van der Waals surface area contributed by atoms with Gasteiger partial charge >= 0.3 is 0 Å². The van der Waals surface area contributed by atoms with Gasteiger partial charge in [-0.15, -0.1) is 11.8 Å². The molecule has 0 aliphatic carbocycles. The molecular weight excluding hydrogens is 221 g/mol. The third-order valence-corrected chi connectivity index (χ3v) is 3.12. The Bertz CT molecular complexity index is 320. The number of nitrogens with one attached hydrogen (secondary N) is 1. The molecule has 3 heteroatoms. The lowest BCUT2D eigenvalue weighted by Crippen LogP contribution is -2.36. The zero-order valence-electron chi connectivity index (χ0n) is 10.2. The van der Waals surface area contributed by atoms with E-state index < -0.39 is 0 Å². The van der Waals surface area contributed by atoms with Crippen molar-refractivity contribution in [1.82, 2.24) is 5.32 Å². The molecule has 0 bridgehead atoms. The molecule has 0 saturated heterocycles. The van der Waals surface area contributed by atoms with Crippen molar-refractivity contribution in [1.29, 1.82) is 0 Å². The summed E-state index contributed by atoms with van der Waals surface area (Å²) in [5.41, 5.74) is 0.184. The van der Waals surface area contributed by atoms with E-state index >= 15 is 0 Å². The van der Waals surface area contributed by atoms with E-state index in [-0.39, 0.29) is 11.4 Å². The molecule has 1 aromatic carbocycles. The van der Waals surface area contributed by atoms with Crippen LogP contribution in [0.4, 0.5) is 4.39 Å². The fraction of sp³-hybridized carbons (Fsp3) is 0.538. The van der Waals surface area contributed by atoms with Gasteiger partial charge in [0, 0.05) is 10.4 Å². The average Bonchev–Trinajstić information content (AvgIpc) is 2.15. The standard InChI is InChI=1S/C13H20FNS/c1-13(2,3)15-8-5-9-16-12-7-4-6-11(14)10-12/h4,6-7,10,15H,5,8-9H2,1-3H3. The zero-order valence-corrected chi connectivity index (χ0v) is 11.0. The maximum Gasteiger partial charge on any atom is 0.124 e. The predicted octanol–water partition coefficient (Wildman–Crippen LogP) is 3.70. The molecule has 0 aliphatic heterocycles. The molecule has 0 saturated carbocycles. The SMILES string of the molecule is CC(C)(C)NCCCSc1cccc(F)c1. The summed E-state index contributed by atoms with van der Waals surface area (Å²) in [6.07, 6.45) is 1.10. The molecule has 1 nitrogen and oxygen atoms in total. The van der Waals surface area contributed by atoms with Crippen molar-refractivity contribution in [2.24, 2.45) is 0 Å². The summed E-state index contributed by atoms with van der Waals surface area (Å²) in [7, 11) is 0. The molecule has 0 fully saturated rings. The van der Waals surface area contributed by atoms with Crippen molar-refractivity contribution < 1.29 is 4.39 Å². The Morgan fingerprint density at radius 3 is 2.69 bits per heavy atom. The van der Waals surface area contributed by atoms with Gasteiger partial charge in [0.15, 0.2) is 0 Å². The third-order valence-electron chi connectivity index (χ3n) is 2.04. The van der Waals surface area contributed by atoms with Crippen LogP contribution in [0, 0.1) is 5.82 Å². The van der Waals surface area contributed by atoms with Gasteiger partial charge in [-0.2, -0.15) is 0 Å². The number of hydrogen-bond acceptors (Lipinski definition) is 2. The predicted molar refractivity (Wildman–Crippen MR) is 69.5 cm³/mol. The lowest BCUT2D eigenvalue weighted by Gasteiger charge is -2.20. The lowest BCUT2D eigenvalue weighted by molar-refractivity contribution is 0.427. The number of hydrogen-bond donors (Lipinski definition) is 1. The Hall–Kier alpha value is -0.540. The van der Waals surface area contributed by atoms with Crippen molar-refractivity contribution in [3.63, 3.8) is 0 Å². The van der Waals surface area contributed by atoms with Gasteiger partial charge in [0.2, 0.25) is 0 Å². The van der Waals surface area contributed by atoms with E-state index in [1.165, 1.54) is 6.07 Å². The van der Waals surface area contributed by atoms with Crippen LogP contribution in [0.15, 0.2) is 29.2 Å². The zero-order chi connectivity index (χ0) is 12.0. The monoisotopic (exact) mass is 241 g/mol. The molecule has 0 aromatic heterocycles. The molecule has 0 radical (unpaired) electrons. The molecule has 1 N–H and O–H groups in total. The van der Waals surface area contributed by atoms with Crippen LogP contribution in [0.25, 0.3) is 0 Å². The van der Waals surface area contributed by atoms with Crippen molar-refractivity contribution in [3.05, 3.63) is 30.1 Å². The van der Waals surface area contributed by atoms with Gasteiger partial charge in [-0.1, -0.05) is 6.07 Å². The highest BCUT2D eigenvalue weighted by Gasteiger charge is 2.07. The molecule has 0 atom stereocenters. The van der Waals surface area contributed by atoms with Crippen LogP contribution in [0.3, 0.4) is 0 Å².